The highest BCUT2D eigenvalue weighted by Crippen LogP contribution is 2.35. The summed E-state index contributed by atoms with van der Waals surface area (Å²) in [4.78, 5) is 27.7. The van der Waals surface area contributed by atoms with Gasteiger partial charge in [0.1, 0.15) is 6.04 Å². The Morgan fingerprint density at radius 3 is 2.96 bits per heavy atom. The fraction of sp³-hybridized carbons (Fsp3) is 0.400. The van der Waals surface area contributed by atoms with E-state index >= 15 is 0 Å². The molecule has 3 aromatic rings. The van der Waals surface area contributed by atoms with Gasteiger partial charge in [0.05, 0.1) is 5.39 Å². The molecule has 0 fully saturated rings. The Balaban J connectivity index is 1.66. The third-order valence-electron chi connectivity index (χ3n) is 5.33. The van der Waals surface area contributed by atoms with Gasteiger partial charge in [-0.3, -0.25) is 9.59 Å². The molecule has 0 bridgehead atoms. The maximum absolute atomic E-state index is 13.1. The summed E-state index contributed by atoms with van der Waals surface area (Å²) in [6.45, 7) is 5.76. The van der Waals surface area contributed by atoms with E-state index in [1.807, 2.05) is 13.0 Å². The zero-order valence-electron chi connectivity index (χ0n) is 16.0. The molecule has 8 heteroatoms. The molecule has 2 heterocycles. The molecule has 0 aliphatic heterocycles. The maximum atomic E-state index is 13.1. The van der Waals surface area contributed by atoms with Crippen molar-refractivity contribution in [3.63, 3.8) is 0 Å². The van der Waals surface area contributed by atoms with Gasteiger partial charge in [-0.15, -0.1) is 16.4 Å². The number of thiophene rings is 1. The molecule has 28 heavy (non-hydrogen) atoms. The van der Waals surface area contributed by atoms with Crippen LogP contribution in [0.5, 0.6) is 0 Å². The monoisotopic (exact) mass is 416 g/mol. The second-order valence-corrected chi connectivity index (χ2v) is 8.99. The van der Waals surface area contributed by atoms with Crippen LogP contribution in [0.25, 0.3) is 10.2 Å². The Bertz CT molecular complexity index is 1140. The van der Waals surface area contributed by atoms with Crippen molar-refractivity contribution in [3.05, 3.63) is 49.6 Å². The molecular formula is C20H21ClN4O2S. The van der Waals surface area contributed by atoms with Crippen LogP contribution < -0.4 is 10.9 Å². The summed E-state index contributed by atoms with van der Waals surface area (Å²) in [5.74, 6) is 0.273. The zero-order valence-corrected chi connectivity index (χ0v) is 17.5. The van der Waals surface area contributed by atoms with Crippen LogP contribution in [0.15, 0.2) is 23.0 Å². The molecule has 0 spiro atoms. The highest BCUT2D eigenvalue weighted by atomic mass is 35.5. The predicted molar refractivity (Wildman–Crippen MR) is 112 cm³/mol. The molecular weight excluding hydrogens is 396 g/mol. The van der Waals surface area contributed by atoms with Crippen LogP contribution in [0.4, 0.5) is 5.69 Å². The van der Waals surface area contributed by atoms with Gasteiger partial charge in [0, 0.05) is 15.6 Å². The Morgan fingerprint density at radius 1 is 1.43 bits per heavy atom. The number of nitrogens with zero attached hydrogens (tertiary/aromatic N) is 3. The minimum Gasteiger partial charge on any atom is -0.324 e. The van der Waals surface area contributed by atoms with Crippen LogP contribution in [0, 0.1) is 12.8 Å². The van der Waals surface area contributed by atoms with E-state index in [2.05, 4.69) is 22.6 Å². The zero-order chi connectivity index (χ0) is 20.0. The first-order valence-electron chi connectivity index (χ1n) is 9.32. The largest absolute Gasteiger partial charge is 0.324 e. The minimum absolute atomic E-state index is 0.248. The molecule has 0 unspecified atom stereocenters. The molecule has 1 aromatic carbocycles. The summed E-state index contributed by atoms with van der Waals surface area (Å²) in [5, 5.41) is 12.3. The molecule has 1 aliphatic rings. The second kappa shape index (κ2) is 7.29. The summed E-state index contributed by atoms with van der Waals surface area (Å²) in [6.07, 6.45) is 2.91. The van der Waals surface area contributed by atoms with Gasteiger partial charge in [0.25, 0.3) is 5.56 Å². The summed E-state index contributed by atoms with van der Waals surface area (Å²) < 4.78 is 1.18. The third kappa shape index (κ3) is 3.33. The number of halogens is 1. The number of rotatable bonds is 3. The smallest absolute Gasteiger partial charge is 0.279 e. The number of hydrogen-bond donors (Lipinski definition) is 1. The summed E-state index contributed by atoms with van der Waals surface area (Å²) >= 11 is 7.67. The van der Waals surface area contributed by atoms with Gasteiger partial charge in [-0.2, -0.15) is 4.68 Å². The highest BCUT2D eigenvalue weighted by Gasteiger charge is 2.26. The Hall–Kier alpha value is -2.25. The van der Waals surface area contributed by atoms with E-state index in [1.54, 1.807) is 30.4 Å². The second-order valence-electron chi connectivity index (χ2n) is 7.50. The fourth-order valence-corrected chi connectivity index (χ4v) is 5.05. The van der Waals surface area contributed by atoms with Gasteiger partial charge in [-0.05, 0) is 62.3 Å². The van der Waals surface area contributed by atoms with Crippen LogP contribution in [0.3, 0.4) is 0 Å². The quantitative estimate of drug-likeness (QED) is 0.696. The van der Waals surface area contributed by atoms with E-state index in [4.69, 9.17) is 11.6 Å². The average Bonchev–Trinajstić information content (AvgIpc) is 3.02. The number of nitrogens with one attached hydrogen (secondary N) is 1. The lowest BCUT2D eigenvalue weighted by Gasteiger charge is -2.17. The standard InChI is InChI=1S/C20H21ClN4O2S/c1-10-4-7-14-16(8-10)28-19-17(14)20(27)25(24-23-19)12(3)18(26)22-13-6-5-11(2)15(21)9-13/h5-6,9-10,12H,4,7-8H2,1-3H3,(H,22,26)/t10-,12-/m1/s1. The molecule has 2 aromatic heterocycles. The molecule has 1 aliphatic carbocycles. The van der Waals surface area contributed by atoms with E-state index in [-0.39, 0.29) is 11.5 Å². The van der Waals surface area contributed by atoms with E-state index in [1.165, 1.54) is 9.56 Å². The van der Waals surface area contributed by atoms with Crippen molar-refractivity contribution in [2.45, 2.75) is 46.1 Å². The van der Waals surface area contributed by atoms with Crippen molar-refractivity contribution in [3.8, 4) is 0 Å². The Morgan fingerprint density at radius 2 is 2.21 bits per heavy atom. The first-order valence-corrected chi connectivity index (χ1v) is 10.5. The van der Waals surface area contributed by atoms with E-state index in [0.29, 0.717) is 26.8 Å². The number of fused-ring (bicyclic) bond motifs is 3. The van der Waals surface area contributed by atoms with Crippen LogP contribution >= 0.6 is 22.9 Å². The van der Waals surface area contributed by atoms with Gasteiger partial charge in [-0.25, -0.2) is 0 Å². The topological polar surface area (TPSA) is 76.9 Å². The van der Waals surface area contributed by atoms with Crippen molar-refractivity contribution >= 4 is 44.7 Å². The van der Waals surface area contributed by atoms with Crippen LogP contribution in [-0.4, -0.2) is 20.9 Å². The number of aromatic nitrogens is 3. The lowest BCUT2D eigenvalue weighted by Crippen LogP contribution is -2.34. The van der Waals surface area contributed by atoms with Crippen molar-refractivity contribution in [2.75, 3.05) is 5.32 Å². The summed E-state index contributed by atoms with van der Waals surface area (Å²) in [5.41, 5.74) is 2.35. The first kappa shape index (κ1) is 19.1. The highest BCUT2D eigenvalue weighted by molar-refractivity contribution is 7.18. The van der Waals surface area contributed by atoms with Crippen molar-refractivity contribution in [2.24, 2.45) is 5.92 Å². The fourth-order valence-electron chi connectivity index (χ4n) is 3.55. The van der Waals surface area contributed by atoms with E-state index < -0.39 is 6.04 Å². The predicted octanol–water partition coefficient (Wildman–Crippen LogP) is 4.14. The van der Waals surface area contributed by atoms with Crippen LogP contribution in [0.1, 0.15) is 42.3 Å². The average molecular weight is 417 g/mol. The van der Waals surface area contributed by atoms with Gasteiger partial charge in [0.2, 0.25) is 5.91 Å². The molecule has 1 N–H and O–H groups in total. The normalized spacial score (nSPS) is 17.4. The van der Waals surface area contributed by atoms with Gasteiger partial charge in [0.15, 0.2) is 4.83 Å². The number of carbonyl (C=O) groups excluding carboxylic acids is 1. The Kier molecular flexibility index (Phi) is 4.97. The first-order chi connectivity index (χ1) is 13.3. The van der Waals surface area contributed by atoms with Crippen molar-refractivity contribution in [1.29, 1.82) is 0 Å². The molecule has 0 saturated heterocycles. The number of benzene rings is 1. The number of amides is 1. The van der Waals surface area contributed by atoms with Gasteiger partial charge < -0.3 is 5.32 Å². The van der Waals surface area contributed by atoms with Crippen LogP contribution in [-0.2, 0) is 17.6 Å². The summed E-state index contributed by atoms with van der Waals surface area (Å²) in [6, 6.07) is 4.51. The summed E-state index contributed by atoms with van der Waals surface area (Å²) in [7, 11) is 0. The van der Waals surface area contributed by atoms with Crippen molar-refractivity contribution in [1.82, 2.24) is 15.0 Å². The van der Waals surface area contributed by atoms with Gasteiger partial charge >= 0.3 is 0 Å². The van der Waals surface area contributed by atoms with E-state index in [0.717, 1.165) is 30.4 Å². The number of hydrogen-bond acceptors (Lipinski definition) is 5. The maximum Gasteiger partial charge on any atom is 0.279 e. The molecule has 0 saturated carbocycles. The lowest BCUT2D eigenvalue weighted by molar-refractivity contribution is -0.119. The number of aryl methyl sites for hydroxylation is 2. The molecule has 1 amide bonds. The molecule has 2 atom stereocenters. The molecule has 146 valence electrons. The van der Waals surface area contributed by atoms with Crippen LogP contribution in [0.2, 0.25) is 5.02 Å². The minimum atomic E-state index is -0.789. The SMILES string of the molecule is Cc1ccc(NC(=O)[C@@H](C)n2nnc3sc4c(c3c2=O)CC[C@@H](C)C4)cc1Cl. The third-order valence-corrected chi connectivity index (χ3v) is 6.88. The Labute approximate surface area is 171 Å². The molecule has 6 nitrogen and oxygen atoms in total. The number of carbonyl (C=O) groups is 1. The van der Waals surface area contributed by atoms with Crippen molar-refractivity contribution < 1.29 is 4.79 Å². The number of anilines is 1. The van der Waals surface area contributed by atoms with Gasteiger partial charge in [-0.1, -0.05) is 29.8 Å². The molecule has 4 rings (SSSR count). The van der Waals surface area contributed by atoms with E-state index in [9.17, 15) is 9.59 Å². The molecule has 0 radical (unpaired) electrons. The lowest BCUT2D eigenvalue weighted by atomic mass is 9.89.